The number of fused-ring (bicyclic) bond motifs is 1. The molecule has 0 saturated heterocycles. The van der Waals surface area contributed by atoms with Gasteiger partial charge in [-0.05, 0) is 17.5 Å². The molecule has 0 spiro atoms. The van der Waals surface area contributed by atoms with Crippen LogP contribution in [-0.2, 0) is 0 Å². The first-order valence-electron chi connectivity index (χ1n) is 4.70. The van der Waals surface area contributed by atoms with Crippen LogP contribution in [0.25, 0.3) is 11.0 Å². The first-order valence-corrected chi connectivity index (χ1v) is 5.11. The monoisotopic (exact) mass is 221 g/mol. The van der Waals surface area contributed by atoms with Crippen molar-refractivity contribution in [1.29, 1.82) is 0 Å². The standard InChI is InChI=1S/C10H11N3OS/c1-5(2)7-3-6-4-11-10(14)13-8(6)12-9(7)15/h3-5H,1-2H3,(H2,11,12,13,14,15). The zero-order valence-electron chi connectivity index (χ0n) is 8.50. The molecule has 0 unspecified atom stereocenters. The van der Waals surface area contributed by atoms with Gasteiger partial charge in [0.2, 0.25) is 0 Å². The second-order valence-corrected chi connectivity index (χ2v) is 4.14. The molecule has 0 aromatic carbocycles. The predicted octanol–water partition coefficient (Wildman–Crippen LogP) is 2.10. The lowest BCUT2D eigenvalue weighted by Gasteiger charge is -2.06. The van der Waals surface area contributed by atoms with Crippen molar-refractivity contribution in [2.24, 2.45) is 0 Å². The van der Waals surface area contributed by atoms with Crippen LogP contribution in [-0.4, -0.2) is 15.0 Å². The third-order valence-electron chi connectivity index (χ3n) is 2.28. The van der Waals surface area contributed by atoms with Gasteiger partial charge in [0.1, 0.15) is 10.3 Å². The van der Waals surface area contributed by atoms with Crippen LogP contribution < -0.4 is 5.69 Å². The summed E-state index contributed by atoms with van der Waals surface area (Å²) in [5.74, 6) is 0.352. The second-order valence-electron chi connectivity index (χ2n) is 3.73. The SMILES string of the molecule is CC(C)c1cc2cnc(=O)[nH]c2[nH]c1=S. The fourth-order valence-corrected chi connectivity index (χ4v) is 1.86. The van der Waals surface area contributed by atoms with E-state index in [-0.39, 0.29) is 5.69 Å². The summed E-state index contributed by atoms with van der Waals surface area (Å²) in [7, 11) is 0. The highest BCUT2D eigenvalue weighted by Gasteiger charge is 2.04. The number of nitrogens with zero attached hydrogens (tertiary/aromatic N) is 1. The summed E-state index contributed by atoms with van der Waals surface area (Å²) in [4.78, 5) is 20.3. The Morgan fingerprint density at radius 1 is 1.40 bits per heavy atom. The Morgan fingerprint density at radius 3 is 2.80 bits per heavy atom. The second kappa shape index (κ2) is 3.58. The maximum Gasteiger partial charge on any atom is 0.346 e. The van der Waals surface area contributed by atoms with Crippen LogP contribution >= 0.6 is 12.2 Å². The van der Waals surface area contributed by atoms with E-state index in [2.05, 4.69) is 28.8 Å². The summed E-state index contributed by atoms with van der Waals surface area (Å²) in [5.41, 5.74) is 1.32. The van der Waals surface area contributed by atoms with E-state index >= 15 is 0 Å². The van der Waals surface area contributed by atoms with Gasteiger partial charge in [0.05, 0.1) is 0 Å². The number of hydrogen-bond donors (Lipinski definition) is 2. The Balaban J connectivity index is 2.82. The van der Waals surface area contributed by atoms with E-state index < -0.39 is 0 Å². The van der Waals surface area contributed by atoms with Gasteiger partial charge in [0.25, 0.3) is 0 Å². The summed E-state index contributed by atoms with van der Waals surface area (Å²) in [6, 6.07) is 1.96. The van der Waals surface area contributed by atoms with E-state index in [0.29, 0.717) is 16.2 Å². The Bertz CT molecular complexity index is 612. The molecule has 0 radical (unpaired) electrons. The third kappa shape index (κ3) is 1.83. The molecule has 2 aromatic heterocycles. The quantitative estimate of drug-likeness (QED) is 0.725. The van der Waals surface area contributed by atoms with Crippen molar-refractivity contribution in [2.75, 3.05) is 0 Å². The van der Waals surface area contributed by atoms with Gasteiger partial charge in [-0.15, -0.1) is 0 Å². The van der Waals surface area contributed by atoms with Crippen LogP contribution in [0.4, 0.5) is 0 Å². The summed E-state index contributed by atoms with van der Waals surface area (Å²) in [5, 5.41) is 0.868. The average Bonchev–Trinajstić information content (AvgIpc) is 2.15. The van der Waals surface area contributed by atoms with Gasteiger partial charge in [-0.25, -0.2) is 9.78 Å². The van der Waals surface area contributed by atoms with E-state index in [0.717, 1.165) is 10.9 Å². The van der Waals surface area contributed by atoms with Gasteiger partial charge < -0.3 is 4.98 Å². The highest BCUT2D eigenvalue weighted by Crippen LogP contribution is 2.18. The van der Waals surface area contributed by atoms with Crippen molar-refractivity contribution in [3.8, 4) is 0 Å². The lowest BCUT2D eigenvalue weighted by Crippen LogP contribution is -2.09. The molecule has 2 heterocycles. The molecule has 0 saturated carbocycles. The van der Waals surface area contributed by atoms with Crippen molar-refractivity contribution >= 4 is 23.3 Å². The maximum atomic E-state index is 11.0. The van der Waals surface area contributed by atoms with Crippen LogP contribution in [0.1, 0.15) is 25.3 Å². The zero-order chi connectivity index (χ0) is 11.0. The fraction of sp³-hybridized carbons (Fsp3) is 0.300. The Hall–Kier alpha value is -1.49. The summed E-state index contributed by atoms with van der Waals surface area (Å²) < 4.78 is 0.666. The van der Waals surface area contributed by atoms with E-state index in [9.17, 15) is 4.79 Å². The largest absolute Gasteiger partial charge is 0.346 e. The molecule has 5 heteroatoms. The van der Waals surface area contributed by atoms with Crippen molar-refractivity contribution in [3.05, 3.63) is 33.0 Å². The molecule has 15 heavy (non-hydrogen) atoms. The molecule has 0 fully saturated rings. The van der Waals surface area contributed by atoms with Crippen LogP contribution in [0.3, 0.4) is 0 Å². The Labute approximate surface area is 91.4 Å². The maximum absolute atomic E-state index is 11.0. The normalized spacial score (nSPS) is 11.1. The molecule has 0 aliphatic carbocycles. The van der Waals surface area contributed by atoms with Gasteiger partial charge in [0.15, 0.2) is 0 Å². The molecule has 2 aromatic rings. The van der Waals surface area contributed by atoms with Crippen LogP contribution in [0.15, 0.2) is 17.1 Å². The first kappa shape index (κ1) is 10.0. The van der Waals surface area contributed by atoms with Crippen LogP contribution in [0.2, 0.25) is 0 Å². The van der Waals surface area contributed by atoms with Crippen LogP contribution in [0, 0.1) is 4.64 Å². The van der Waals surface area contributed by atoms with Gasteiger partial charge in [-0.2, -0.15) is 0 Å². The molecule has 0 amide bonds. The zero-order valence-corrected chi connectivity index (χ0v) is 9.31. The van der Waals surface area contributed by atoms with Gasteiger partial charge in [-0.1, -0.05) is 26.1 Å². The minimum atomic E-state index is -0.370. The predicted molar refractivity (Wildman–Crippen MR) is 61.6 cm³/mol. The molecule has 4 nitrogen and oxygen atoms in total. The van der Waals surface area contributed by atoms with Crippen molar-refractivity contribution in [2.45, 2.75) is 19.8 Å². The smallest absolute Gasteiger partial charge is 0.332 e. The molecule has 0 aliphatic heterocycles. The highest BCUT2D eigenvalue weighted by atomic mass is 32.1. The molecule has 0 bridgehead atoms. The molecule has 2 rings (SSSR count). The van der Waals surface area contributed by atoms with Crippen molar-refractivity contribution in [1.82, 2.24) is 15.0 Å². The topological polar surface area (TPSA) is 61.5 Å². The Morgan fingerprint density at radius 2 is 2.13 bits per heavy atom. The number of H-pyrrole nitrogens is 2. The number of nitrogens with one attached hydrogen (secondary N) is 2. The summed E-state index contributed by atoms with van der Waals surface area (Å²) in [6.45, 7) is 4.15. The van der Waals surface area contributed by atoms with Gasteiger partial charge in [0, 0.05) is 11.6 Å². The highest BCUT2D eigenvalue weighted by molar-refractivity contribution is 7.71. The first-order chi connectivity index (χ1) is 7.08. The van der Waals surface area contributed by atoms with Crippen LogP contribution in [0.5, 0.6) is 0 Å². The van der Waals surface area contributed by atoms with Gasteiger partial charge >= 0.3 is 5.69 Å². The minimum absolute atomic E-state index is 0.352. The van der Waals surface area contributed by atoms with Crippen molar-refractivity contribution < 1.29 is 0 Å². The molecule has 78 valence electrons. The van der Waals surface area contributed by atoms with Crippen molar-refractivity contribution in [3.63, 3.8) is 0 Å². The Kier molecular flexibility index (Phi) is 2.40. The number of aromatic nitrogens is 3. The number of aromatic amines is 2. The number of rotatable bonds is 1. The van der Waals surface area contributed by atoms with E-state index in [1.807, 2.05) is 6.07 Å². The molecule has 0 atom stereocenters. The lowest BCUT2D eigenvalue weighted by atomic mass is 10.1. The molecular formula is C10H11N3OS. The van der Waals surface area contributed by atoms with Gasteiger partial charge in [-0.3, -0.25) is 4.98 Å². The van der Waals surface area contributed by atoms with E-state index in [1.165, 1.54) is 0 Å². The molecule has 0 aliphatic rings. The van der Waals surface area contributed by atoms with E-state index in [4.69, 9.17) is 12.2 Å². The lowest BCUT2D eigenvalue weighted by molar-refractivity contribution is 0.855. The summed E-state index contributed by atoms with van der Waals surface area (Å²) >= 11 is 5.20. The molecular weight excluding hydrogens is 210 g/mol. The fourth-order valence-electron chi connectivity index (χ4n) is 1.46. The number of hydrogen-bond acceptors (Lipinski definition) is 3. The summed E-state index contributed by atoms with van der Waals surface area (Å²) in [6.07, 6.45) is 1.55. The van der Waals surface area contributed by atoms with E-state index in [1.54, 1.807) is 6.20 Å². The third-order valence-corrected chi connectivity index (χ3v) is 2.61. The minimum Gasteiger partial charge on any atom is -0.332 e. The number of pyridine rings is 1. The average molecular weight is 221 g/mol. The molecule has 2 N–H and O–H groups in total.